The van der Waals surface area contributed by atoms with Crippen LogP contribution in [0.3, 0.4) is 0 Å². The fourth-order valence-corrected chi connectivity index (χ4v) is 1.74. The predicted molar refractivity (Wildman–Crippen MR) is 72.9 cm³/mol. The Bertz CT molecular complexity index is 594. The first kappa shape index (κ1) is 12.2. The topological polar surface area (TPSA) is 48.2 Å². The van der Waals surface area contributed by atoms with Crippen molar-refractivity contribution in [1.29, 1.82) is 0 Å². The molecule has 4 heteroatoms. The fourth-order valence-electron chi connectivity index (χ4n) is 1.74. The minimum atomic E-state index is 0.121. The first-order valence-electron chi connectivity index (χ1n) is 5.75. The summed E-state index contributed by atoms with van der Waals surface area (Å²) in [7, 11) is 0. The molecule has 0 fully saturated rings. The number of benzene rings is 1. The molecule has 0 aliphatic rings. The summed E-state index contributed by atoms with van der Waals surface area (Å²) in [6, 6.07) is 8.07. The minimum Gasteiger partial charge on any atom is -0.392 e. The van der Waals surface area contributed by atoms with E-state index in [4.69, 9.17) is 12.3 Å². The van der Waals surface area contributed by atoms with Crippen molar-refractivity contribution >= 4 is 11.5 Å². The van der Waals surface area contributed by atoms with Crippen molar-refractivity contribution < 1.29 is 0 Å². The molecule has 1 heterocycles. The van der Waals surface area contributed by atoms with Gasteiger partial charge >= 0.3 is 0 Å². The highest BCUT2D eigenvalue weighted by Crippen LogP contribution is 2.26. The van der Waals surface area contributed by atoms with Crippen LogP contribution in [0.4, 0.5) is 11.5 Å². The Morgan fingerprint density at radius 1 is 1.22 bits per heavy atom. The molecule has 1 aromatic carbocycles. The highest BCUT2D eigenvalue weighted by atomic mass is 15.3. The molecule has 0 saturated carbocycles. The van der Waals surface area contributed by atoms with Crippen molar-refractivity contribution in [3.63, 3.8) is 0 Å². The van der Waals surface area contributed by atoms with Gasteiger partial charge in [0.2, 0.25) is 5.69 Å². The maximum atomic E-state index is 6.97. The molecule has 2 rings (SSSR count). The van der Waals surface area contributed by atoms with Crippen LogP contribution in [0, 0.1) is 6.57 Å². The van der Waals surface area contributed by atoms with Gasteiger partial charge in [0.05, 0.1) is 18.5 Å². The monoisotopic (exact) mass is 240 g/mol. The first-order chi connectivity index (χ1) is 8.43. The van der Waals surface area contributed by atoms with Crippen molar-refractivity contribution in [1.82, 2.24) is 9.78 Å². The summed E-state index contributed by atoms with van der Waals surface area (Å²) in [4.78, 5) is 3.31. The summed E-state index contributed by atoms with van der Waals surface area (Å²) in [5.74, 6) is 0.383. The predicted octanol–water partition coefficient (Wildman–Crippen LogP) is 3.30. The van der Waals surface area contributed by atoms with Crippen LogP contribution in [0.2, 0.25) is 0 Å². The summed E-state index contributed by atoms with van der Waals surface area (Å²) in [5, 5.41) is 4.13. The van der Waals surface area contributed by atoms with Gasteiger partial charge < -0.3 is 5.73 Å². The Kier molecular flexibility index (Phi) is 2.84. The average molecular weight is 240 g/mol. The SMILES string of the molecule is [C-]#[N+]c1cnn(-c2ccc(C(C)(C)C)cc2)c1N. The van der Waals surface area contributed by atoms with Gasteiger partial charge in [0.1, 0.15) is 5.82 Å². The molecule has 92 valence electrons. The molecule has 0 aliphatic carbocycles. The molecule has 0 amide bonds. The van der Waals surface area contributed by atoms with E-state index in [1.54, 1.807) is 4.68 Å². The summed E-state index contributed by atoms with van der Waals surface area (Å²) >= 11 is 0. The van der Waals surface area contributed by atoms with Crippen molar-refractivity contribution in [2.45, 2.75) is 26.2 Å². The third kappa shape index (κ3) is 2.07. The zero-order valence-electron chi connectivity index (χ0n) is 10.8. The minimum absolute atomic E-state index is 0.121. The molecule has 1 aromatic heterocycles. The lowest BCUT2D eigenvalue weighted by Crippen LogP contribution is -2.11. The van der Waals surface area contributed by atoms with Crippen LogP contribution in [0.25, 0.3) is 10.5 Å². The highest BCUT2D eigenvalue weighted by molar-refractivity contribution is 5.64. The van der Waals surface area contributed by atoms with Gasteiger partial charge in [-0.2, -0.15) is 5.10 Å². The standard InChI is InChI=1S/C14H16N4/c1-14(2,3)10-5-7-11(8-6-10)18-13(15)12(16-4)9-17-18/h5-9H,15H2,1-3H3. The van der Waals surface area contributed by atoms with Crippen molar-refractivity contribution in [3.05, 3.63) is 47.4 Å². The number of nitrogens with two attached hydrogens (primary N) is 1. The normalized spacial score (nSPS) is 11.2. The van der Waals surface area contributed by atoms with Crippen molar-refractivity contribution in [2.24, 2.45) is 0 Å². The lowest BCUT2D eigenvalue weighted by atomic mass is 9.87. The van der Waals surface area contributed by atoms with E-state index in [2.05, 4.69) is 42.8 Å². The Morgan fingerprint density at radius 2 is 1.83 bits per heavy atom. The molecule has 2 N–H and O–H groups in total. The second-order valence-electron chi connectivity index (χ2n) is 5.24. The van der Waals surface area contributed by atoms with E-state index in [9.17, 15) is 0 Å². The maximum absolute atomic E-state index is 6.97. The highest BCUT2D eigenvalue weighted by Gasteiger charge is 2.14. The Labute approximate surface area is 107 Å². The third-order valence-corrected chi connectivity index (χ3v) is 2.88. The zero-order valence-corrected chi connectivity index (χ0v) is 10.8. The molecule has 0 bridgehead atoms. The largest absolute Gasteiger partial charge is 0.392 e. The number of hydrogen-bond donors (Lipinski definition) is 1. The molecule has 18 heavy (non-hydrogen) atoms. The molecule has 0 aliphatic heterocycles. The number of hydrogen-bond acceptors (Lipinski definition) is 2. The molecule has 4 nitrogen and oxygen atoms in total. The van der Waals surface area contributed by atoms with E-state index in [0.717, 1.165) is 5.69 Å². The third-order valence-electron chi connectivity index (χ3n) is 2.88. The van der Waals surface area contributed by atoms with Crippen LogP contribution in [-0.2, 0) is 5.41 Å². The van der Waals surface area contributed by atoms with Gasteiger partial charge in [0.25, 0.3) is 0 Å². The second kappa shape index (κ2) is 4.19. The Morgan fingerprint density at radius 3 is 2.28 bits per heavy atom. The molecule has 0 atom stereocenters. The molecule has 0 unspecified atom stereocenters. The average Bonchev–Trinajstić information content (AvgIpc) is 2.69. The van der Waals surface area contributed by atoms with Crippen molar-refractivity contribution in [2.75, 3.05) is 5.73 Å². The molecular formula is C14H16N4. The van der Waals surface area contributed by atoms with Gasteiger partial charge in [-0.3, -0.25) is 0 Å². The number of anilines is 1. The summed E-state index contributed by atoms with van der Waals surface area (Å²) < 4.78 is 1.58. The van der Waals surface area contributed by atoms with Crippen molar-refractivity contribution in [3.8, 4) is 5.69 Å². The van der Waals surface area contributed by atoms with Gasteiger partial charge in [-0.15, -0.1) is 0 Å². The number of nitrogen functional groups attached to an aromatic ring is 1. The molecule has 0 spiro atoms. The van der Waals surface area contributed by atoms with E-state index in [1.165, 1.54) is 11.8 Å². The van der Waals surface area contributed by atoms with Gasteiger partial charge in [-0.05, 0) is 23.1 Å². The van der Waals surface area contributed by atoms with Crippen LogP contribution >= 0.6 is 0 Å². The van der Waals surface area contributed by atoms with E-state index in [1.807, 2.05) is 12.1 Å². The fraction of sp³-hybridized carbons (Fsp3) is 0.286. The molecular weight excluding hydrogens is 224 g/mol. The Hall–Kier alpha value is -2.28. The molecule has 0 radical (unpaired) electrons. The lowest BCUT2D eigenvalue weighted by Gasteiger charge is -2.19. The number of nitrogens with zero attached hydrogens (tertiary/aromatic N) is 3. The van der Waals surface area contributed by atoms with E-state index in [0.29, 0.717) is 11.5 Å². The molecule has 2 aromatic rings. The summed E-state index contributed by atoms with van der Waals surface area (Å²) in [6.45, 7) is 13.5. The quantitative estimate of drug-likeness (QED) is 0.777. The van der Waals surface area contributed by atoms with Crippen LogP contribution < -0.4 is 5.73 Å². The lowest BCUT2D eigenvalue weighted by molar-refractivity contribution is 0.590. The summed E-state index contributed by atoms with van der Waals surface area (Å²) in [5.41, 5.74) is 8.48. The van der Waals surface area contributed by atoms with Gasteiger partial charge in [0.15, 0.2) is 0 Å². The van der Waals surface area contributed by atoms with Gasteiger partial charge in [-0.25, -0.2) is 9.53 Å². The molecule has 0 saturated heterocycles. The zero-order chi connectivity index (χ0) is 13.3. The van der Waals surface area contributed by atoms with E-state index < -0.39 is 0 Å². The van der Waals surface area contributed by atoms with Gasteiger partial charge in [0, 0.05) is 0 Å². The van der Waals surface area contributed by atoms with E-state index >= 15 is 0 Å². The van der Waals surface area contributed by atoms with E-state index in [-0.39, 0.29) is 5.41 Å². The van der Waals surface area contributed by atoms with Crippen LogP contribution in [0.15, 0.2) is 30.5 Å². The Balaban J connectivity index is 2.41. The smallest absolute Gasteiger partial charge is 0.247 e. The number of aromatic nitrogens is 2. The van der Waals surface area contributed by atoms with Crippen LogP contribution in [0.1, 0.15) is 26.3 Å². The maximum Gasteiger partial charge on any atom is 0.247 e. The first-order valence-corrected chi connectivity index (χ1v) is 5.75. The summed E-state index contributed by atoms with van der Waals surface area (Å²) in [6.07, 6.45) is 1.49. The van der Waals surface area contributed by atoms with Crippen LogP contribution in [0.5, 0.6) is 0 Å². The second-order valence-corrected chi connectivity index (χ2v) is 5.24. The number of rotatable bonds is 1. The van der Waals surface area contributed by atoms with Crippen LogP contribution in [-0.4, -0.2) is 9.78 Å². The van der Waals surface area contributed by atoms with Gasteiger partial charge in [-0.1, -0.05) is 32.9 Å².